The van der Waals surface area contributed by atoms with Crippen molar-refractivity contribution < 1.29 is 18.8 Å². The van der Waals surface area contributed by atoms with Gasteiger partial charge in [0.05, 0.1) is 28.6 Å². The summed E-state index contributed by atoms with van der Waals surface area (Å²) >= 11 is 0. The van der Waals surface area contributed by atoms with Gasteiger partial charge in [0, 0.05) is 12.1 Å². The fourth-order valence-corrected chi connectivity index (χ4v) is 5.02. The molecular weight excluding hydrogens is 429 g/mol. The van der Waals surface area contributed by atoms with E-state index in [1.54, 1.807) is 0 Å². The van der Waals surface area contributed by atoms with Crippen molar-refractivity contribution >= 4 is 18.7 Å². The summed E-state index contributed by atoms with van der Waals surface area (Å²) in [6.45, 7) is 14.7. The van der Waals surface area contributed by atoms with E-state index in [-0.39, 0.29) is 30.5 Å². The van der Waals surface area contributed by atoms with E-state index in [1.165, 1.54) is 11.1 Å². The lowest BCUT2D eigenvalue weighted by molar-refractivity contribution is 0.00578. The summed E-state index contributed by atoms with van der Waals surface area (Å²) < 4.78 is 18.2. The Labute approximate surface area is 202 Å². The van der Waals surface area contributed by atoms with Crippen molar-refractivity contribution in [2.24, 2.45) is 0 Å². The van der Waals surface area contributed by atoms with Crippen molar-refractivity contribution in [2.75, 3.05) is 6.54 Å². The fraction of sp³-hybridized carbons (Fsp3) is 0.615. The predicted molar refractivity (Wildman–Crippen MR) is 132 cm³/mol. The molecule has 2 saturated heterocycles. The van der Waals surface area contributed by atoms with Crippen LogP contribution < -0.4 is 5.46 Å². The molecule has 1 aliphatic carbocycles. The molecule has 7 nitrogen and oxygen atoms in total. The SMILES string of the molecule is CC(C)(C)OC(=O)N1CCC[C@@H]1c1nc2c([nH]1)-c1ccc(B3OC(C)(C)C(C)(C)O3)cc1CC2. The lowest BCUT2D eigenvalue weighted by atomic mass is 9.76. The number of carbonyl (C=O) groups excluding carboxylic acids is 1. The van der Waals surface area contributed by atoms with Gasteiger partial charge in [-0.1, -0.05) is 18.2 Å². The molecule has 3 heterocycles. The van der Waals surface area contributed by atoms with Crippen LogP contribution >= 0.6 is 0 Å². The van der Waals surface area contributed by atoms with Gasteiger partial charge in [-0.05, 0) is 85.2 Å². The molecule has 0 radical (unpaired) electrons. The standard InChI is InChI=1S/C26H36BN3O4/c1-24(2,3)32-23(31)30-14-8-9-20(30)22-28-19-13-10-16-15-17(11-12-18(16)21(19)29-22)27-33-25(4,5)26(6,7)34-27/h11-12,15,20H,8-10,13-14H2,1-7H3,(H,28,29)/t20-/m1/s1. The average Bonchev–Trinajstić information content (AvgIpc) is 3.42. The minimum Gasteiger partial charge on any atom is -0.444 e. The number of aryl methyl sites for hydroxylation is 2. The molecule has 1 aromatic carbocycles. The van der Waals surface area contributed by atoms with Crippen molar-refractivity contribution in [1.82, 2.24) is 14.9 Å². The number of benzene rings is 1. The second-order valence-corrected chi connectivity index (χ2v) is 11.8. The van der Waals surface area contributed by atoms with E-state index in [0.29, 0.717) is 6.54 Å². The molecule has 0 spiro atoms. The van der Waals surface area contributed by atoms with Gasteiger partial charge >= 0.3 is 13.2 Å². The number of rotatable bonds is 2. The number of aromatic nitrogens is 2. The van der Waals surface area contributed by atoms with Gasteiger partial charge in [-0.25, -0.2) is 9.78 Å². The Morgan fingerprint density at radius 1 is 1.18 bits per heavy atom. The minimum absolute atomic E-state index is 0.0760. The molecule has 1 aromatic heterocycles. The fourth-order valence-electron chi connectivity index (χ4n) is 5.02. The van der Waals surface area contributed by atoms with Crippen LogP contribution in [0.4, 0.5) is 4.79 Å². The molecule has 0 bridgehead atoms. The first-order valence-corrected chi connectivity index (χ1v) is 12.4. The molecular formula is C26H36BN3O4. The molecule has 1 N–H and O–H groups in total. The van der Waals surface area contributed by atoms with Crippen molar-refractivity contribution in [3.8, 4) is 11.3 Å². The van der Waals surface area contributed by atoms with Crippen LogP contribution in [0.5, 0.6) is 0 Å². The predicted octanol–water partition coefficient (Wildman–Crippen LogP) is 4.55. The van der Waals surface area contributed by atoms with E-state index >= 15 is 0 Å². The minimum atomic E-state index is -0.513. The second kappa shape index (κ2) is 7.85. The number of fused-ring (bicyclic) bond motifs is 3. The quantitative estimate of drug-likeness (QED) is 0.659. The number of ether oxygens (including phenoxy) is 1. The zero-order valence-electron chi connectivity index (χ0n) is 21.4. The van der Waals surface area contributed by atoms with Crippen LogP contribution in [-0.2, 0) is 26.9 Å². The van der Waals surface area contributed by atoms with Gasteiger partial charge in [-0.2, -0.15) is 0 Å². The van der Waals surface area contributed by atoms with Gasteiger partial charge in [0.2, 0.25) is 0 Å². The molecule has 2 aliphatic heterocycles. The molecule has 5 rings (SSSR count). The molecule has 0 saturated carbocycles. The summed E-state index contributed by atoms with van der Waals surface area (Å²) in [6, 6.07) is 6.38. The van der Waals surface area contributed by atoms with Crippen molar-refractivity contribution in [3.63, 3.8) is 0 Å². The Kier molecular flexibility index (Phi) is 5.41. The van der Waals surface area contributed by atoms with E-state index in [4.69, 9.17) is 19.0 Å². The molecule has 8 heteroatoms. The van der Waals surface area contributed by atoms with Crippen molar-refractivity contribution in [1.29, 1.82) is 0 Å². The third-order valence-corrected chi connectivity index (χ3v) is 7.55. The highest BCUT2D eigenvalue weighted by molar-refractivity contribution is 6.62. The second-order valence-electron chi connectivity index (χ2n) is 11.8. The summed E-state index contributed by atoms with van der Waals surface area (Å²) in [5.74, 6) is 0.858. The Morgan fingerprint density at radius 2 is 1.88 bits per heavy atom. The molecule has 182 valence electrons. The molecule has 1 amide bonds. The first kappa shape index (κ1) is 23.4. The molecule has 34 heavy (non-hydrogen) atoms. The highest BCUT2D eigenvalue weighted by Crippen LogP contribution is 2.39. The summed E-state index contributed by atoms with van der Waals surface area (Å²) in [5, 5.41) is 0. The van der Waals surface area contributed by atoms with E-state index in [2.05, 4.69) is 50.9 Å². The van der Waals surface area contributed by atoms with Crippen LogP contribution in [0.1, 0.15) is 84.4 Å². The smallest absolute Gasteiger partial charge is 0.444 e. The highest BCUT2D eigenvalue weighted by atomic mass is 16.7. The number of carbonyl (C=O) groups is 1. The van der Waals surface area contributed by atoms with Crippen molar-refractivity contribution in [2.45, 2.75) is 97.0 Å². The van der Waals surface area contributed by atoms with Gasteiger partial charge in [0.15, 0.2) is 0 Å². The maximum atomic E-state index is 12.8. The van der Waals surface area contributed by atoms with E-state index < -0.39 is 5.60 Å². The highest BCUT2D eigenvalue weighted by Gasteiger charge is 2.51. The number of hydrogen-bond acceptors (Lipinski definition) is 5. The van der Waals surface area contributed by atoms with Crippen LogP contribution in [0.2, 0.25) is 0 Å². The number of aromatic amines is 1. The number of likely N-dealkylation sites (tertiary alicyclic amines) is 1. The van der Waals surface area contributed by atoms with Crippen LogP contribution in [0, 0.1) is 0 Å². The molecule has 2 fully saturated rings. The maximum absolute atomic E-state index is 12.8. The molecule has 3 aliphatic rings. The zero-order chi connectivity index (χ0) is 24.5. The monoisotopic (exact) mass is 465 g/mol. The van der Waals surface area contributed by atoms with E-state index in [1.807, 2.05) is 25.7 Å². The van der Waals surface area contributed by atoms with Gasteiger partial charge in [-0.3, -0.25) is 4.90 Å². The number of amides is 1. The lowest BCUT2D eigenvalue weighted by Gasteiger charge is -2.32. The topological polar surface area (TPSA) is 76.7 Å². The summed E-state index contributed by atoms with van der Waals surface area (Å²) in [5.41, 5.74) is 4.38. The normalized spacial score (nSPS) is 23.1. The van der Waals surface area contributed by atoms with E-state index in [9.17, 15) is 4.79 Å². The number of nitrogens with zero attached hydrogens (tertiary/aromatic N) is 2. The van der Waals surface area contributed by atoms with Crippen LogP contribution in [0.25, 0.3) is 11.3 Å². The lowest BCUT2D eigenvalue weighted by Crippen LogP contribution is -2.41. The Hall–Kier alpha value is -2.32. The van der Waals surface area contributed by atoms with E-state index in [0.717, 1.165) is 48.4 Å². The maximum Gasteiger partial charge on any atom is 0.494 e. The number of H-pyrrole nitrogens is 1. The summed E-state index contributed by atoms with van der Waals surface area (Å²) in [4.78, 5) is 23.1. The van der Waals surface area contributed by atoms with Gasteiger partial charge in [0.25, 0.3) is 0 Å². The molecule has 2 aromatic rings. The van der Waals surface area contributed by atoms with Crippen molar-refractivity contribution in [3.05, 3.63) is 35.3 Å². The van der Waals surface area contributed by atoms with Crippen LogP contribution in [-0.4, -0.2) is 51.4 Å². The van der Waals surface area contributed by atoms with Gasteiger partial charge in [0.1, 0.15) is 11.4 Å². The molecule has 1 atom stereocenters. The van der Waals surface area contributed by atoms with Gasteiger partial charge < -0.3 is 19.0 Å². The zero-order valence-corrected chi connectivity index (χ0v) is 21.4. The average molecular weight is 465 g/mol. The molecule has 0 unspecified atom stereocenters. The number of hydrogen-bond donors (Lipinski definition) is 1. The Morgan fingerprint density at radius 3 is 2.56 bits per heavy atom. The first-order valence-electron chi connectivity index (χ1n) is 12.4. The van der Waals surface area contributed by atoms with Gasteiger partial charge in [-0.15, -0.1) is 0 Å². The number of imidazole rings is 1. The van der Waals surface area contributed by atoms with Crippen LogP contribution in [0.3, 0.4) is 0 Å². The number of nitrogens with one attached hydrogen (secondary N) is 1. The summed E-state index contributed by atoms with van der Waals surface area (Å²) in [7, 11) is -0.366. The third kappa shape index (κ3) is 4.05. The third-order valence-electron chi connectivity index (χ3n) is 7.55. The first-order chi connectivity index (χ1) is 15.8. The Bertz CT molecular complexity index is 1100. The largest absolute Gasteiger partial charge is 0.494 e. The van der Waals surface area contributed by atoms with Crippen LogP contribution in [0.15, 0.2) is 18.2 Å². The summed E-state index contributed by atoms with van der Waals surface area (Å²) in [6.07, 6.45) is 3.35. The Balaban J connectivity index is 1.40.